The molecule has 1 fully saturated rings. The number of rotatable bonds is 1. The highest BCUT2D eigenvalue weighted by atomic mass is 16.2. The summed E-state index contributed by atoms with van der Waals surface area (Å²) in [5.41, 5.74) is 3.16. The zero-order valence-corrected chi connectivity index (χ0v) is 12.1. The Labute approximate surface area is 118 Å². The second-order valence-electron chi connectivity index (χ2n) is 5.81. The van der Waals surface area contributed by atoms with E-state index in [1.807, 2.05) is 18.7 Å². The van der Waals surface area contributed by atoms with E-state index in [4.69, 9.17) is 0 Å². The zero-order valence-electron chi connectivity index (χ0n) is 12.1. The molecule has 5 heteroatoms. The number of H-pyrrole nitrogens is 1. The molecule has 1 amide bonds. The largest absolute Gasteiger partial charge is 0.354 e. The van der Waals surface area contributed by atoms with Gasteiger partial charge in [-0.25, -0.2) is 0 Å². The van der Waals surface area contributed by atoms with E-state index in [1.54, 1.807) is 0 Å². The maximum absolute atomic E-state index is 12.7. The van der Waals surface area contributed by atoms with Gasteiger partial charge in [0.1, 0.15) is 5.69 Å². The molecule has 2 aliphatic rings. The van der Waals surface area contributed by atoms with Gasteiger partial charge in [-0.1, -0.05) is 0 Å². The number of hydrogen-bond acceptors (Lipinski definition) is 3. The number of amides is 1. The second-order valence-corrected chi connectivity index (χ2v) is 5.81. The maximum atomic E-state index is 12.7. The van der Waals surface area contributed by atoms with Crippen LogP contribution in [0, 0.1) is 6.92 Å². The minimum absolute atomic E-state index is 0.0266. The quantitative estimate of drug-likeness (QED) is 0.811. The number of carbonyl (C=O) groups is 2. The lowest BCUT2D eigenvalue weighted by Crippen LogP contribution is -2.52. The van der Waals surface area contributed by atoms with Crippen LogP contribution >= 0.6 is 0 Å². The Hall–Kier alpha value is -1.62. The molecule has 3 rings (SSSR count). The van der Waals surface area contributed by atoms with E-state index in [2.05, 4.69) is 10.3 Å². The molecule has 0 aromatic carbocycles. The number of fused-ring (bicyclic) bond motifs is 1. The van der Waals surface area contributed by atoms with Crippen molar-refractivity contribution in [2.75, 3.05) is 19.6 Å². The van der Waals surface area contributed by atoms with Gasteiger partial charge in [-0.05, 0) is 32.3 Å². The van der Waals surface area contributed by atoms with E-state index in [9.17, 15) is 9.59 Å². The van der Waals surface area contributed by atoms with Crippen molar-refractivity contribution in [3.63, 3.8) is 0 Å². The predicted molar refractivity (Wildman–Crippen MR) is 76.2 cm³/mol. The van der Waals surface area contributed by atoms with Gasteiger partial charge >= 0.3 is 0 Å². The fraction of sp³-hybridized carbons (Fsp3) is 0.600. The normalized spacial score (nSPS) is 22.8. The monoisotopic (exact) mass is 275 g/mol. The molecular weight excluding hydrogens is 254 g/mol. The van der Waals surface area contributed by atoms with Gasteiger partial charge in [0.05, 0.1) is 0 Å². The Morgan fingerprint density at radius 2 is 2.15 bits per heavy atom. The first-order valence-electron chi connectivity index (χ1n) is 7.36. The van der Waals surface area contributed by atoms with Gasteiger partial charge in [-0.15, -0.1) is 0 Å². The number of aromatic amines is 1. The standard InChI is InChI=1S/C15H21N3O2/c1-9-8-16-6-7-18(9)15(20)14-10(2)13-11(17-14)4-3-5-12(13)19/h9,16-17H,3-8H2,1-2H3/t9-/m1/s1. The van der Waals surface area contributed by atoms with Crippen molar-refractivity contribution in [3.05, 3.63) is 22.5 Å². The number of aryl methyl sites for hydroxylation is 1. The van der Waals surface area contributed by atoms with E-state index in [0.29, 0.717) is 12.1 Å². The fourth-order valence-corrected chi connectivity index (χ4v) is 3.27. The molecule has 2 N–H and O–H groups in total. The third-order valence-corrected chi connectivity index (χ3v) is 4.41. The molecule has 2 heterocycles. The number of nitrogens with zero attached hydrogens (tertiary/aromatic N) is 1. The van der Waals surface area contributed by atoms with E-state index in [-0.39, 0.29) is 17.7 Å². The number of aromatic nitrogens is 1. The molecule has 0 saturated carbocycles. The highest BCUT2D eigenvalue weighted by Crippen LogP contribution is 2.27. The average Bonchev–Trinajstić information content (AvgIpc) is 2.77. The van der Waals surface area contributed by atoms with Crippen LogP contribution in [0.1, 0.15) is 51.9 Å². The van der Waals surface area contributed by atoms with E-state index < -0.39 is 0 Å². The van der Waals surface area contributed by atoms with Crippen LogP contribution in [-0.4, -0.2) is 47.3 Å². The highest BCUT2D eigenvalue weighted by molar-refractivity contribution is 6.04. The molecule has 1 aliphatic carbocycles. The zero-order chi connectivity index (χ0) is 14.3. The molecule has 0 unspecified atom stereocenters. The highest BCUT2D eigenvalue weighted by Gasteiger charge is 2.30. The molecule has 0 radical (unpaired) electrons. The Morgan fingerprint density at radius 3 is 2.85 bits per heavy atom. The van der Waals surface area contributed by atoms with Crippen LogP contribution in [0.3, 0.4) is 0 Å². The molecule has 1 aliphatic heterocycles. The summed E-state index contributed by atoms with van der Waals surface area (Å²) in [7, 11) is 0. The first-order chi connectivity index (χ1) is 9.59. The van der Waals surface area contributed by atoms with Crippen LogP contribution in [0.2, 0.25) is 0 Å². The third kappa shape index (κ3) is 2.06. The van der Waals surface area contributed by atoms with Crippen molar-refractivity contribution in [1.29, 1.82) is 0 Å². The van der Waals surface area contributed by atoms with Crippen molar-refractivity contribution in [1.82, 2.24) is 15.2 Å². The summed E-state index contributed by atoms with van der Waals surface area (Å²) in [6, 6.07) is 0.187. The lowest BCUT2D eigenvalue weighted by molar-refractivity contribution is 0.0649. The van der Waals surface area contributed by atoms with E-state index >= 15 is 0 Å². The Morgan fingerprint density at radius 1 is 1.35 bits per heavy atom. The molecule has 0 bridgehead atoms. The van der Waals surface area contributed by atoms with Crippen LogP contribution in [0.25, 0.3) is 0 Å². The minimum atomic E-state index is 0.0266. The first kappa shape index (κ1) is 13.4. The molecule has 0 spiro atoms. The Bertz CT molecular complexity index is 562. The molecule has 1 aromatic rings. The van der Waals surface area contributed by atoms with Gasteiger partial charge in [-0.3, -0.25) is 9.59 Å². The summed E-state index contributed by atoms with van der Waals surface area (Å²) in [6.45, 7) is 6.31. The van der Waals surface area contributed by atoms with Gasteiger partial charge in [0.15, 0.2) is 5.78 Å². The van der Waals surface area contributed by atoms with Gasteiger partial charge < -0.3 is 15.2 Å². The van der Waals surface area contributed by atoms with Crippen molar-refractivity contribution < 1.29 is 9.59 Å². The number of nitrogens with one attached hydrogen (secondary N) is 2. The summed E-state index contributed by atoms with van der Waals surface area (Å²) in [4.78, 5) is 29.9. The minimum Gasteiger partial charge on any atom is -0.354 e. The van der Waals surface area contributed by atoms with Crippen molar-refractivity contribution in [2.24, 2.45) is 0 Å². The number of Topliss-reactive ketones (excluding diaryl/α,β-unsaturated/α-hetero) is 1. The molecule has 1 atom stereocenters. The lowest BCUT2D eigenvalue weighted by atomic mass is 9.93. The van der Waals surface area contributed by atoms with Crippen molar-refractivity contribution in [2.45, 2.75) is 39.2 Å². The van der Waals surface area contributed by atoms with Crippen LogP contribution in [-0.2, 0) is 6.42 Å². The SMILES string of the molecule is Cc1c(C(=O)N2CCNC[C@H]2C)[nH]c2c1C(=O)CCC2. The molecule has 108 valence electrons. The molecule has 1 saturated heterocycles. The number of carbonyl (C=O) groups excluding carboxylic acids is 2. The Balaban J connectivity index is 1.94. The number of piperazine rings is 1. The van der Waals surface area contributed by atoms with Gasteiger partial charge in [0, 0.05) is 43.4 Å². The maximum Gasteiger partial charge on any atom is 0.270 e. The lowest BCUT2D eigenvalue weighted by Gasteiger charge is -2.33. The molecule has 1 aromatic heterocycles. The fourth-order valence-electron chi connectivity index (χ4n) is 3.27. The smallest absolute Gasteiger partial charge is 0.270 e. The van der Waals surface area contributed by atoms with Crippen LogP contribution in [0.15, 0.2) is 0 Å². The van der Waals surface area contributed by atoms with Gasteiger partial charge in [0.2, 0.25) is 0 Å². The first-order valence-corrected chi connectivity index (χ1v) is 7.36. The molecular formula is C15H21N3O2. The summed E-state index contributed by atoms with van der Waals surface area (Å²) >= 11 is 0. The van der Waals surface area contributed by atoms with Crippen molar-refractivity contribution >= 4 is 11.7 Å². The average molecular weight is 275 g/mol. The third-order valence-electron chi connectivity index (χ3n) is 4.41. The van der Waals surface area contributed by atoms with E-state index in [1.165, 1.54) is 0 Å². The van der Waals surface area contributed by atoms with Crippen LogP contribution < -0.4 is 5.32 Å². The summed E-state index contributed by atoms with van der Waals surface area (Å²) in [5.74, 6) is 0.200. The molecule has 5 nitrogen and oxygen atoms in total. The van der Waals surface area contributed by atoms with E-state index in [0.717, 1.165) is 49.3 Å². The van der Waals surface area contributed by atoms with Crippen LogP contribution in [0.4, 0.5) is 0 Å². The second kappa shape index (κ2) is 5.05. The van der Waals surface area contributed by atoms with Gasteiger partial charge in [-0.2, -0.15) is 0 Å². The summed E-state index contributed by atoms with van der Waals surface area (Å²) in [6.07, 6.45) is 2.35. The molecule has 20 heavy (non-hydrogen) atoms. The predicted octanol–water partition coefficient (Wildman–Crippen LogP) is 1.28. The number of hydrogen-bond donors (Lipinski definition) is 2. The topological polar surface area (TPSA) is 65.2 Å². The van der Waals surface area contributed by atoms with Gasteiger partial charge in [0.25, 0.3) is 5.91 Å². The Kier molecular flexibility index (Phi) is 3.38. The summed E-state index contributed by atoms with van der Waals surface area (Å²) in [5, 5.41) is 3.28. The van der Waals surface area contributed by atoms with Crippen molar-refractivity contribution in [3.8, 4) is 0 Å². The number of ketones is 1. The summed E-state index contributed by atoms with van der Waals surface area (Å²) < 4.78 is 0. The van der Waals surface area contributed by atoms with Crippen LogP contribution in [0.5, 0.6) is 0 Å².